The Balaban J connectivity index is 0.00000625. The molecule has 1 aromatic carbocycles. The van der Waals surface area contributed by atoms with Gasteiger partial charge in [-0.05, 0) is 19.8 Å². The first-order valence-electron chi connectivity index (χ1n) is 8.92. The molecular formula is C18H31IN4O3. The van der Waals surface area contributed by atoms with Gasteiger partial charge in [0, 0.05) is 19.2 Å². The van der Waals surface area contributed by atoms with E-state index < -0.39 is 10.5 Å². The molecule has 3 N–H and O–H groups in total. The van der Waals surface area contributed by atoms with Gasteiger partial charge in [-0.3, -0.25) is 10.1 Å². The van der Waals surface area contributed by atoms with Gasteiger partial charge in [0.05, 0.1) is 22.6 Å². The van der Waals surface area contributed by atoms with Crippen molar-refractivity contribution in [1.82, 2.24) is 10.6 Å². The second kappa shape index (κ2) is 12.9. The second-order valence-electron chi connectivity index (χ2n) is 6.16. The lowest BCUT2D eigenvalue weighted by Crippen LogP contribution is -2.47. The van der Waals surface area contributed by atoms with Crippen molar-refractivity contribution in [2.75, 3.05) is 13.1 Å². The van der Waals surface area contributed by atoms with Crippen LogP contribution in [0, 0.1) is 10.1 Å². The molecule has 1 aromatic rings. The van der Waals surface area contributed by atoms with E-state index in [1.807, 2.05) is 6.92 Å². The van der Waals surface area contributed by atoms with Gasteiger partial charge in [0.25, 0.3) is 5.69 Å². The molecule has 0 atom stereocenters. The largest absolute Gasteiger partial charge is 0.388 e. The number of nitrogens with zero attached hydrogens (tertiary/aromatic N) is 2. The van der Waals surface area contributed by atoms with Crippen LogP contribution >= 0.6 is 24.0 Å². The molecule has 26 heavy (non-hydrogen) atoms. The van der Waals surface area contributed by atoms with Crippen molar-refractivity contribution in [3.05, 3.63) is 39.9 Å². The molecule has 0 fully saturated rings. The number of hydrogen-bond acceptors (Lipinski definition) is 4. The first-order valence-corrected chi connectivity index (χ1v) is 8.92. The van der Waals surface area contributed by atoms with Crippen molar-refractivity contribution < 1.29 is 10.0 Å². The zero-order valence-corrected chi connectivity index (χ0v) is 18.2. The summed E-state index contributed by atoms with van der Waals surface area (Å²) in [4.78, 5) is 15.1. The van der Waals surface area contributed by atoms with Crippen molar-refractivity contribution in [1.29, 1.82) is 0 Å². The van der Waals surface area contributed by atoms with Crippen molar-refractivity contribution in [2.45, 2.75) is 58.6 Å². The minimum atomic E-state index is -0.765. The Morgan fingerprint density at radius 2 is 1.81 bits per heavy atom. The molecule has 0 bridgehead atoms. The number of aliphatic hydroxyl groups is 1. The van der Waals surface area contributed by atoms with Gasteiger partial charge in [-0.15, -0.1) is 24.0 Å². The van der Waals surface area contributed by atoms with Gasteiger partial charge in [-0.2, -0.15) is 0 Å². The summed E-state index contributed by atoms with van der Waals surface area (Å²) in [7, 11) is 0. The fourth-order valence-electron chi connectivity index (χ4n) is 2.81. The fraction of sp³-hybridized carbons (Fsp3) is 0.611. The Kier molecular flexibility index (Phi) is 12.2. The number of aliphatic imine (C=N–C) groups is 1. The molecule has 0 unspecified atom stereocenters. The highest BCUT2D eigenvalue weighted by molar-refractivity contribution is 14.0. The molecule has 8 heteroatoms. The van der Waals surface area contributed by atoms with Crippen LogP contribution in [-0.4, -0.2) is 34.7 Å². The first kappa shape index (κ1) is 24.6. The predicted octanol–water partition coefficient (Wildman–Crippen LogP) is 3.60. The fourth-order valence-corrected chi connectivity index (χ4v) is 2.81. The van der Waals surface area contributed by atoms with E-state index in [1.54, 1.807) is 18.2 Å². The Hall–Kier alpha value is -1.42. The maximum Gasteiger partial charge on any atom is 0.274 e. The SMILES string of the molecule is CCCC(O)(CCC)CNC(=NCc1ccccc1[N+](=O)[O-])NCC.I. The molecule has 0 radical (unpaired) electrons. The van der Waals surface area contributed by atoms with Crippen molar-refractivity contribution in [3.63, 3.8) is 0 Å². The van der Waals surface area contributed by atoms with Gasteiger partial charge in [-0.25, -0.2) is 4.99 Å². The Bertz CT molecular complexity index is 575. The molecule has 0 aliphatic heterocycles. The zero-order valence-electron chi connectivity index (χ0n) is 15.8. The minimum absolute atomic E-state index is 0. The number of rotatable bonds is 10. The highest BCUT2D eigenvalue weighted by Crippen LogP contribution is 2.19. The van der Waals surface area contributed by atoms with E-state index in [0.717, 1.165) is 25.7 Å². The van der Waals surface area contributed by atoms with Gasteiger partial charge >= 0.3 is 0 Å². The Labute approximate surface area is 172 Å². The summed E-state index contributed by atoms with van der Waals surface area (Å²) < 4.78 is 0. The summed E-state index contributed by atoms with van der Waals surface area (Å²) in [6, 6.07) is 6.59. The molecule has 1 rings (SSSR count). The van der Waals surface area contributed by atoms with Crippen molar-refractivity contribution >= 4 is 35.6 Å². The van der Waals surface area contributed by atoms with Crippen LogP contribution in [0.4, 0.5) is 5.69 Å². The van der Waals surface area contributed by atoms with E-state index in [4.69, 9.17) is 0 Å². The monoisotopic (exact) mass is 478 g/mol. The normalized spacial score (nSPS) is 11.6. The lowest BCUT2D eigenvalue weighted by Gasteiger charge is -2.28. The third kappa shape index (κ3) is 8.31. The summed E-state index contributed by atoms with van der Waals surface area (Å²) >= 11 is 0. The number of benzene rings is 1. The number of nitrogens with one attached hydrogen (secondary N) is 2. The molecule has 0 aromatic heterocycles. The minimum Gasteiger partial charge on any atom is -0.388 e. The average Bonchev–Trinajstić information content (AvgIpc) is 2.58. The summed E-state index contributed by atoms with van der Waals surface area (Å²) in [5.74, 6) is 0.547. The van der Waals surface area contributed by atoms with E-state index in [0.29, 0.717) is 24.6 Å². The van der Waals surface area contributed by atoms with Crippen LogP contribution in [0.15, 0.2) is 29.3 Å². The molecule has 0 aliphatic carbocycles. The Morgan fingerprint density at radius 3 is 2.35 bits per heavy atom. The molecule has 0 saturated carbocycles. The summed E-state index contributed by atoms with van der Waals surface area (Å²) in [6.07, 6.45) is 3.25. The van der Waals surface area contributed by atoms with E-state index in [-0.39, 0.29) is 36.2 Å². The topological polar surface area (TPSA) is 99.8 Å². The quantitative estimate of drug-likeness (QED) is 0.157. The molecule has 0 saturated heterocycles. The van der Waals surface area contributed by atoms with Gasteiger partial charge in [0.1, 0.15) is 0 Å². The number of hydrogen-bond donors (Lipinski definition) is 3. The average molecular weight is 478 g/mol. The smallest absolute Gasteiger partial charge is 0.274 e. The van der Waals surface area contributed by atoms with Crippen molar-refractivity contribution in [2.24, 2.45) is 4.99 Å². The third-order valence-corrected chi connectivity index (χ3v) is 3.96. The standard InChI is InChI=1S/C18H30N4O3.HI/c1-4-11-18(23,12-5-2)14-21-17(19-6-3)20-13-15-9-7-8-10-16(15)22(24)25;/h7-10,23H,4-6,11-14H2,1-3H3,(H2,19,20,21);1H. The highest BCUT2D eigenvalue weighted by atomic mass is 127. The molecule has 0 heterocycles. The Morgan fingerprint density at radius 1 is 1.19 bits per heavy atom. The maximum absolute atomic E-state index is 11.1. The molecule has 0 spiro atoms. The van der Waals surface area contributed by atoms with Crippen LogP contribution < -0.4 is 10.6 Å². The van der Waals surface area contributed by atoms with Crippen molar-refractivity contribution in [3.8, 4) is 0 Å². The molecule has 0 aliphatic rings. The molecular weight excluding hydrogens is 447 g/mol. The molecule has 7 nitrogen and oxygen atoms in total. The first-order chi connectivity index (χ1) is 12.0. The van der Waals surface area contributed by atoms with Gasteiger partial charge in [0.2, 0.25) is 0 Å². The number of halogens is 1. The van der Waals surface area contributed by atoms with Crippen LogP contribution in [0.25, 0.3) is 0 Å². The number of nitro benzene ring substituents is 1. The van der Waals surface area contributed by atoms with E-state index in [1.165, 1.54) is 6.07 Å². The van der Waals surface area contributed by atoms with E-state index in [9.17, 15) is 15.2 Å². The van der Waals surface area contributed by atoms with Crippen LogP contribution in [0.5, 0.6) is 0 Å². The van der Waals surface area contributed by atoms with Gasteiger partial charge in [-0.1, -0.05) is 44.9 Å². The molecule has 0 amide bonds. The predicted molar refractivity (Wildman–Crippen MR) is 116 cm³/mol. The lowest BCUT2D eigenvalue weighted by molar-refractivity contribution is -0.385. The number of nitro groups is 1. The maximum atomic E-state index is 11.1. The summed E-state index contributed by atoms with van der Waals surface area (Å²) in [5.41, 5.74) is -0.143. The highest BCUT2D eigenvalue weighted by Gasteiger charge is 2.25. The van der Waals surface area contributed by atoms with E-state index >= 15 is 0 Å². The number of guanidine groups is 1. The lowest BCUT2D eigenvalue weighted by atomic mass is 9.93. The van der Waals surface area contributed by atoms with Gasteiger partial charge < -0.3 is 15.7 Å². The van der Waals surface area contributed by atoms with Crippen LogP contribution in [-0.2, 0) is 6.54 Å². The van der Waals surface area contributed by atoms with Crippen LogP contribution in [0.3, 0.4) is 0 Å². The summed E-state index contributed by atoms with van der Waals surface area (Å²) in [5, 5.41) is 28.1. The van der Waals surface area contributed by atoms with Crippen LogP contribution in [0.2, 0.25) is 0 Å². The third-order valence-electron chi connectivity index (χ3n) is 3.96. The molecule has 148 valence electrons. The van der Waals surface area contributed by atoms with Gasteiger partial charge in [0.15, 0.2) is 5.96 Å². The zero-order chi connectivity index (χ0) is 18.7. The van der Waals surface area contributed by atoms with Crippen LogP contribution in [0.1, 0.15) is 52.0 Å². The number of para-hydroxylation sites is 1. The van der Waals surface area contributed by atoms with E-state index in [2.05, 4.69) is 29.5 Å². The second-order valence-corrected chi connectivity index (χ2v) is 6.16. The summed E-state index contributed by atoms with van der Waals surface area (Å²) in [6.45, 7) is 7.32.